The molecule has 0 fully saturated rings. The molecule has 10 heavy (non-hydrogen) atoms. The fourth-order valence-corrected chi connectivity index (χ4v) is 0.993. The summed E-state index contributed by atoms with van der Waals surface area (Å²) in [5, 5.41) is 2.37. The van der Waals surface area contributed by atoms with Gasteiger partial charge in [0.15, 0.2) is 0 Å². The van der Waals surface area contributed by atoms with Crippen molar-refractivity contribution in [1.82, 2.24) is 0 Å². The van der Waals surface area contributed by atoms with Gasteiger partial charge in [-0.05, 0) is 12.1 Å². The van der Waals surface area contributed by atoms with Gasteiger partial charge in [0.1, 0.15) is 0 Å². The second-order valence-electron chi connectivity index (χ2n) is 1.75. The van der Waals surface area contributed by atoms with Gasteiger partial charge in [0.25, 0.3) is 0 Å². The molecule has 0 saturated heterocycles. The molecule has 3 nitrogen and oxygen atoms in total. The zero-order chi connectivity index (χ0) is 7.40. The van der Waals surface area contributed by atoms with Crippen LogP contribution in [0.5, 0.6) is 0 Å². The highest BCUT2D eigenvalue weighted by atomic mass is 31.1. The highest BCUT2D eigenvalue weighted by molar-refractivity contribution is 7.39. The first-order valence-electron chi connectivity index (χ1n) is 2.77. The lowest BCUT2D eigenvalue weighted by molar-refractivity contribution is 0.508. The van der Waals surface area contributed by atoms with Gasteiger partial charge in [-0.3, -0.25) is 5.09 Å². The zero-order valence-corrected chi connectivity index (χ0v) is 6.08. The molecular formula is C6H7NO2P. The Labute approximate surface area is 59.6 Å². The van der Waals surface area contributed by atoms with Gasteiger partial charge in [0, 0.05) is 5.69 Å². The van der Waals surface area contributed by atoms with Crippen LogP contribution in [0.15, 0.2) is 30.3 Å². The number of para-hydroxylation sites is 1. The van der Waals surface area contributed by atoms with Crippen LogP contribution in [0.2, 0.25) is 0 Å². The minimum absolute atomic E-state index is 0.658. The van der Waals surface area contributed by atoms with Crippen molar-refractivity contribution < 1.29 is 9.46 Å². The molecular weight excluding hydrogens is 149 g/mol. The van der Waals surface area contributed by atoms with E-state index in [4.69, 9.17) is 4.89 Å². The van der Waals surface area contributed by atoms with Gasteiger partial charge in [-0.2, -0.15) is 0 Å². The van der Waals surface area contributed by atoms with Gasteiger partial charge in [-0.25, -0.2) is 4.57 Å². The minimum atomic E-state index is -2.28. The Hall–Kier alpha value is -0.920. The molecule has 2 N–H and O–H groups in total. The molecule has 0 aliphatic heterocycles. The highest BCUT2D eigenvalue weighted by Crippen LogP contribution is 2.17. The molecule has 0 aliphatic carbocycles. The first kappa shape index (κ1) is 7.19. The number of benzene rings is 1. The van der Waals surface area contributed by atoms with E-state index < -0.39 is 8.18 Å². The molecule has 0 amide bonds. The molecule has 1 aromatic carbocycles. The van der Waals surface area contributed by atoms with E-state index in [1.54, 1.807) is 24.3 Å². The molecule has 0 spiro atoms. The van der Waals surface area contributed by atoms with Gasteiger partial charge in [-0.1, -0.05) is 18.2 Å². The number of rotatable bonds is 2. The smallest absolute Gasteiger partial charge is 0.304 e. The lowest BCUT2D eigenvalue weighted by atomic mass is 10.3. The van der Waals surface area contributed by atoms with E-state index in [0.717, 1.165) is 0 Å². The highest BCUT2D eigenvalue weighted by Gasteiger charge is 1.91. The predicted molar refractivity (Wildman–Crippen MR) is 39.9 cm³/mol. The third-order valence-electron chi connectivity index (χ3n) is 0.999. The quantitative estimate of drug-likeness (QED) is 0.641. The summed E-state index contributed by atoms with van der Waals surface area (Å²) >= 11 is 0. The van der Waals surface area contributed by atoms with Gasteiger partial charge < -0.3 is 4.89 Å². The van der Waals surface area contributed by atoms with Gasteiger partial charge in [-0.15, -0.1) is 0 Å². The molecule has 0 aromatic heterocycles. The molecule has 1 aromatic rings. The van der Waals surface area contributed by atoms with Crippen molar-refractivity contribution >= 4 is 13.9 Å². The summed E-state index contributed by atoms with van der Waals surface area (Å²) < 4.78 is 10.2. The van der Waals surface area contributed by atoms with Crippen molar-refractivity contribution in [3.63, 3.8) is 0 Å². The van der Waals surface area contributed by atoms with E-state index in [2.05, 4.69) is 5.09 Å². The standard InChI is InChI=1S/C6H7NO2P/c8-10(9)7-6-4-2-1-3-5-6/h1-5H,(H2,7,8,9). The summed E-state index contributed by atoms with van der Waals surface area (Å²) in [5.41, 5.74) is 0.658. The molecule has 1 radical (unpaired) electrons. The molecule has 4 heteroatoms. The Morgan fingerprint density at radius 3 is 2.40 bits per heavy atom. The van der Waals surface area contributed by atoms with Gasteiger partial charge in [0.05, 0.1) is 0 Å². The maximum Gasteiger partial charge on any atom is 0.321 e. The zero-order valence-electron chi connectivity index (χ0n) is 5.19. The number of hydrogen-bond acceptors (Lipinski definition) is 1. The molecule has 0 heterocycles. The second-order valence-corrected chi connectivity index (χ2v) is 2.52. The second kappa shape index (κ2) is 3.30. The Morgan fingerprint density at radius 1 is 1.30 bits per heavy atom. The Morgan fingerprint density at radius 2 is 1.90 bits per heavy atom. The van der Waals surface area contributed by atoms with Gasteiger partial charge >= 0.3 is 8.18 Å². The summed E-state index contributed by atoms with van der Waals surface area (Å²) in [4.78, 5) is 8.40. The Kier molecular flexibility index (Phi) is 2.37. The van der Waals surface area contributed by atoms with Crippen LogP contribution in [0.3, 0.4) is 0 Å². The molecule has 0 aliphatic rings. The SMILES string of the molecule is O=[P](O)Nc1ccccc1. The third kappa shape index (κ3) is 2.13. The number of hydrogen-bond donors (Lipinski definition) is 2. The summed E-state index contributed by atoms with van der Waals surface area (Å²) in [6, 6.07) is 8.88. The van der Waals surface area contributed by atoms with Crippen LogP contribution < -0.4 is 5.09 Å². The van der Waals surface area contributed by atoms with E-state index in [1.165, 1.54) is 0 Å². The third-order valence-corrected chi connectivity index (χ3v) is 1.45. The number of anilines is 1. The molecule has 0 bridgehead atoms. The molecule has 1 unspecified atom stereocenters. The van der Waals surface area contributed by atoms with Crippen LogP contribution >= 0.6 is 8.18 Å². The Balaban J connectivity index is 2.67. The average molecular weight is 156 g/mol. The van der Waals surface area contributed by atoms with E-state index in [0.29, 0.717) is 5.69 Å². The van der Waals surface area contributed by atoms with E-state index in [1.807, 2.05) is 6.07 Å². The van der Waals surface area contributed by atoms with Crippen molar-refractivity contribution in [1.29, 1.82) is 0 Å². The summed E-state index contributed by atoms with van der Waals surface area (Å²) in [6.07, 6.45) is 0. The van der Waals surface area contributed by atoms with Crippen LogP contribution in [0.1, 0.15) is 0 Å². The lowest BCUT2D eigenvalue weighted by Gasteiger charge is -1.97. The maximum atomic E-state index is 10.2. The van der Waals surface area contributed by atoms with E-state index >= 15 is 0 Å². The molecule has 0 saturated carbocycles. The average Bonchev–Trinajstić information content (AvgIpc) is 1.88. The molecule has 1 rings (SSSR count). The fraction of sp³-hybridized carbons (Fsp3) is 0. The van der Waals surface area contributed by atoms with Crippen molar-refractivity contribution in [2.75, 3.05) is 5.09 Å². The normalized spacial score (nSPS) is 10.7. The van der Waals surface area contributed by atoms with Crippen molar-refractivity contribution in [2.24, 2.45) is 0 Å². The van der Waals surface area contributed by atoms with Crippen LogP contribution in [-0.2, 0) is 4.57 Å². The van der Waals surface area contributed by atoms with E-state index in [9.17, 15) is 4.57 Å². The van der Waals surface area contributed by atoms with Crippen LogP contribution in [0.4, 0.5) is 5.69 Å². The topological polar surface area (TPSA) is 49.3 Å². The molecule has 1 atom stereocenters. The van der Waals surface area contributed by atoms with Crippen LogP contribution in [-0.4, -0.2) is 4.89 Å². The maximum absolute atomic E-state index is 10.2. The van der Waals surface area contributed by atoms with Crippen molar-refractivity contribution in [3.05, 3.63) is 30.3 Å². The van der Waals surface area contributed by atoms with Crippen molar-refractivity contribution in [3.8, 4) is 0 Å². The van der Waals surface area contributed by atoms with Crippen molar-refractivity contribution in [2.45, 2.75) is 0 Å². The largest absolute Gasteiger partial charge is 0.321 e. The van der Waals surface area contributed by atoms with Crippen LogP contribution in [0.25, 0.3) is 0 Å². The summed E-state index contributed by atoms with van der Waals surface area (Å²) in [6.45, 7) is 0. The Bertz CT molecular complexity index is 224. The van der Waals surface area contributed by atoms with Gasteiger partial charge in [0.2, 0.25) is 0 Å². The summed E-state index contributed by atoms with van der Waals surface area (Å²) in [5.74, 6) is 0. The van der Waals surface area contributed by atoms with Crippen LogP contribution in [0, 0.1) is 0 Å². The monoisotopic (exact) mass is 156 g/mol. The first-order valence-corrected chi connectivity index (χ1v) is 3.98. The first-order chi connectivity index (χ1) is 4.79. The summed E-state index contributed by atoms with van der Waals surface area (Å²) in [7, 11) is -2.28. The fourth-order valence-electron chi connectivity index (χ4n) is 0.623. The number of nitrogens with one attached hydrogen (secondary N) is 1. The predicted octanol–water partition coefficient (Wildman–Crippen LogP) is 1.75. The lowest BCUT2D eigenvalue weighted by Crippen LogP contribution is -1.82. The van der Waals surface area contributed by atoms with E-state index in [-0.39, 0.29) is 0 Å². The molecule has 53 valence electrons. The minimum Gasteiger partial charge on any atom is -0.304 e.